The molecular weight excluding hydrogens is 252 g/mol. The highest BCUT2D eigenvalue weighted by Crippen LogP contribution is 2.34. The van der Waals surface area contributed by atoms with E-state index < -0.39 is 11.6 Å². The van der Waals surface area contributed by atoms with Crippen molar-refractivity contribution in [1.82, 2.24) is 9.55 Å². The maximum Gasteiger partial charge on any atom is 0.252 e. The number of rotatable bonds is 2. The van der Waals surface area contributed by atoms with E-state index in [0.717, 1.165) is 17.8 Å². The molecule has 0 saturated carbocycles. The number of aromatic nitrogens is 2. The molecule has 0 amide bonds. The predicted octanol–water partition coefficient (Wildman–Crippen LogP) is 3.07. The Morgan fingerprint density at radius 3 is 2.35 bits per heavy atom. The van der Waals surface area contributed by atoms with Crippen LogP contribution in [0.4, 0.5) is 0 Å². The SMILES string of the molecule is CCc1nc2c(n1C(C)C)C(=O)C(=O)c1ccccc1-2. The molecule has 1 aliphatic carbocycles. The van der Waals surface area contributed by atoms with Crippen molar-refractivity contribution in [1.29, 1.82) is 0 Å². The van der Waals surface area contributed by atoms with E-state index >= 15 is 0 Å². The lowest BCUT2D eigenvalue weighted by Gasteiger charge is -2.18. The zero-order valence-corrected chi connectivity index (χ0v) is 11.8. The highest BCUT2D eigenvalue weighted by Gasteiger charge is 2.36. The molecule has 1 heterocycles. The van der Waals surface area contributed by atoms with E-state index in [2.05, 4.69) is 4.98 Å². The van der Waals surface area contributed by atoms with Crippen LogP contribution in [0.2, 0.25) is 0 Å². The molecule has 4 nitrogen and oxygen atoms in total. The summed E-state index contributed by atoms with van der Waals surface area (Å²) in [5.74, 6) is -0.0278. The number of hydrogen-bond acceptors (Lipinski definition) is 3. The lowest BCUT2D eigenvalue weighted by atomic mass is 9.90. The first-order valence-corrected chi connectivity index (χ1v) is 6.85. The molecule has 1 aliphatic rings. The molecule has 4 heteroatoms. The summed E-state index contributed by atoms with van der Waals surface area (Å²) in [5.41, 5.74) is 2.32. The third kappa shape index (κ3) is 1.57. The molecule has 2 aromatic rings. The van der Waals surface area contributed by atoms with Crippen molar-refractivity contribution in [3.8, 4) is 11.3 Å². The number of carbonyl (C=O) groups is 2. The van der Waals surface area contributed by atoms with Gasteiger partial charge < -0.3 is 4.57 Å². The lowest BCUT2D eigenvalue weighted by molar-refractivity contribution is 0.0809. The summed E-state index contributed by atoms with van der Waals surface area (Å²) in [4.78, 5) is 29.3. The van der Waals surface area contributed by atoms with E-state index in [1.54, 1.807) is 12.1 Å². The second-order valence-electron chi connectivity index (χ2n) is 5.25. The van der Waals surface area contributed by atoms with Crippen LogP contribution in [-0.4, -0.2) is 21.1 Å². The van der Waals surface area contributed by atoms with Crippen LogP contribution >= 0.6 is 0 Å². The second-order valence-corrected chi connectivity index (χ2v) is 5.25. The Labute approximate surface area is 117 Å². The smallest absolute Gasteiger partial charge is 0.252 e. The van der Waals surface area contributed by atoms with Crippen LogP contribution in [0, 0.1) is 0 Å². The van der Waals surface area contributed by atoms with Crippen molar-refractivity contribution in [2.45, 2.75) is 33.2 Å². The van der Waals surface area contributed by atoms with Crippen LogP contribution in [0.5, 0.6) is 0 Å². The Balaban J connectivity index is 2.39. The van der Waals surface area contributed by atoms with Gasteiger partial charge in [-0.05, 0) is 13.8 Å². The number of fused-ring (bicyclic) bond motifs is 3. The minimum absolute atomic E-state index is 0.100. The molecule has 0 bridgehead atoms. The molecule has 0 saturated heterocycles. The Morgan fingerprint density at radius 2 is 1.75 bits per heavy atom. The molecule has 102 valence electrons. The monoisotopic (exact) mass is 268 g/mol. The first kappa shape index (κ1) is 12.8. The van der Waals surface area contributed by atoms with Crippen LogP contribution in [-0.2, 0) is 6.42 Å². The molecule has 3 rings (SSSR count). The summed E-state index contributed by atoms with van der Waals surface area (Å²) < 4.78 is 1.89. The Kier molecular flexibility index (Phi) is 2.82. The summed E-state index contributed by atoms with van der Waals surface area (Å²) in [7, 11) is 0. The van der Waals surface area contributed by atoms with Crippen LogP contribution in [0.1, 0.15) is 53.5 Å². The van der Waals surface area contributed by atoms with Gasteiger partial charge in [-0.25, -0.2) is 4.98 Å². The van der Waals surface area contributed by atoms with Crippen LogP contribution in [0.3, 0.4) is 0 Å². The van der Waals surface area contributed by atoms with Gasteiger partial charge in [0, 0.05) is 23.6 Å². The molecule has 0 aliphatic heterocycles. The first-order valence-electron chi connectivity index (χ1n) is 6.85. The van der Waals surface area contributed by atoms with Crippen molar-refractivity contribution in [2.75, 3.05) is 0 Å². The molecular formula is C16H16N2O2. The van der Waals surface area contributed by atoms with Crippen molar-refractivity contribution < 1.29 is 9.59 Å². The standard InChI is InChI=1S/C16H16N2O2/c1-4-12-17-13-10-7-5-6-8-11(10)15(19)16(20)14(13)18(12)9(2)3/h5-9H,4H2,1-3H3. The van der Waals surface area contributed by atoms with E-state index in [1.165, 1.54) is 0 Å². The second kappa shape index (κ2) is 4.40. The third-order valence-electron chi connectivity index (χ3n) is 3.66. The summed E-state index contributed by atoms with van der Waals surface area (Å²) in [5, 5.41) is 0. The number of nitrogens with zero attached hydrogens (tertiary/aromatic N) is 2. The van der Waals surface area contributed by atoms with E-state index in [0.29, 0.717) is 17.0 Å². The molecule has 0 unspecified atom stereocenters. The van der Waals surface area contributed by atoms with Gasteiger partial charge in [-0.3, -0.25) is 9.59 Å². The topological polar surface area (TPSA) is 52.0 Å². The number of hydrogen-bond donors (Lipinski definition) is 0. The number of carbonyl (C=O) groups excluding carboxylic acids is 2. The zero-order valence-electron chi connectivity index (χ0n) is 11.8. The molecule has 0 radical (unpaired) electrons. The van der Waals surface area contributed by atoms with E-state index in [1.807, 2.05) is 37.5 Å². The average molecular weight is 268 g/mol. The van der Waals surface area contributed by atoms with Crippen LogP contribution in [0.15, 0.2) is 24.3 Å². The molecule has 0 fully saturated rings. The quantitative estimate of drug-likeness (QED) is 0.786. The summed E-state index contributed by atoms with van der Waals surface area (Å²) >= 11 is 0. The van der Waals surface area contributed by atoms with Gasteiger partial charge in [-0.2, -0.15) is 0 Å². The molecule has 20 heavy (non-hydrogen) atoms. The summed E-state index contributed by atoms with van der Waals surface area (Å²) in [6.07, 6.45) is 0.731. The Bertz CT molecular complexity index is 726. The number of aryl methyl sites for hydroxylation is 1. The van der Waals surface area contributed by atoms with Crippen molar-refractivity contribution in [3.63, 3.8) is 0 Å². The summed E-state index contributed by atoms with van der Waals surface area (Å²) in [6.45, 7) is 6.00. The van der Waals surface area contributed by atoms with Crippen molar-refractivity contribution in [3.05, 3.63) is 41.3 Å². The van der Waals surface area contributed by atoms with E-state index in [-0.39, 0.29) is 6.04 Å². The Morgan fingerprint density at radius 1 is 1.10 bits per heavy atom. The number of Topliss-reactive ketones (excluding diaryl/α,β-unsaturated/α-hetero) is 2. The molecule has 0 atom stereocenters. The fraction of sp³-hybridized carbons (Fsp3) is 0.312. The number of benzene rings is 1. The van der Waals surface area contributed by atoms with Crippen molar-refractivity contribution >= 4 is 11.6 Å². The van der Waals surface area contributed by atoms with Gasteiger partial charge in [0.15, 0.2) is 0 Å². The normalized spacial score (nSPS) is 13.6. The highest BCUT2D eigenvalue weighted by molar-refractivity contribution is 6.52. The molecule has 1 aromatic heterocycles. The van der Waals surface area contributed by atoms with E-state index in [4.69, 9.17) is 0 Å². The van der Waals surface area contributed by atoms with Gasteiger partial charge in [0.05, 0.1) is 0 Å². The molecule has 0 spiro atoms. The molecule has 1 aromatic carbocycles. The van der Waals surface area contributed by atoms with Crippen molar-refractivity contribution in [2.24, 2.45) is 0 Å². The fourth-order valence-electron chi connectivity index (χ4n) is 2.81. The lowest BCUT2D eigenvalue weighted by Crippen LogP contribution is -2.25. The summed E-state index contributed by atoms with van der Waals surface area (Å²) in [6, 6.07) is 7.29. The number of ketones is 2. The maximum absolute atomic E-state index is 12.4. The minimum atomic E-state index is -0.445. The predicted molar refractivity (Wildman–Crippen MR) is 76.1 cm³/mol. The van der Waals surface area contributed by atoms with Gasteiger partial charge in [-0.1, -0.05) is 31.2 Å². The Hall–Kier alpha value is -2.23. The maximum atomic E-state index is 12.4. The molecule has 0 N–H and O–H groups in total. The van der Waals surface area contributed by atoms with Gasteiger partial charge in [0.1, 0.15) is 17.2 Å². The van der Waals surface area contributed by atoms with Crippen LogP contribution < -0.4 is 0 Å². The van der Waals surface area contributed by atoms with Gasteiger partial charge in [0.25, 0.3) is 5.78 Å². The number of imidazole rings is 1. The average Bonchev–Trinajstić information content (AvgIpc) is 2.84. The van der Waals surface area contributed by atoms with E-state index in [9.17, 15) is 9.59 Å². The minimum Gasteiger partial charge on any atom is -0.322 e. The third-order valence-corrected chi connectivity index (χ3v) is 3.66. The van der Waals surface area contributed by atoms with Gasteiger partial charge in [-0.15, -0.1) is 0 Å². The highest BCUT2D eigenvalue weighted by atomic mass is 16.2. The van der Waals surface area contributed by atoms with Gasteiger partial charge in [0.2, 0.25) is 5.78 Å². The zero-order chi connectivity index (χ0) is 14.4. The fourth-order valence-corrected chi connectivity index (χ4v) is 2.81. The van der Waals surface area contributed by atoms with Gasteiger partial charge >= 0.3 is 0 Å². The first-order chi connectivity index (χ1) is 9.56. The largest absolute Gasteiger partial charge is 0.322 e. The van der Waals surface area contributed by atoms with Crippen LogP contribution in [0.25, 0.3) is 11.3 Å².